The molecule has 1 saturated heterocycles. The van der Waals surface area contributed by atoms with Crippen LogP contribution >= 0.6 is 0 Å². The third-order valence-corrected chi connectivity index (χ3v) is 6.98. The number of unbranched alkanes of at least 4 members (excludes halogenated alkanes) is 1. The van der Waals surface area contributed by atoms with Gasteiger partial charge in [-0.15, -0.1) is 0 Å². The van der Waals surface area contributed by atoms with Gasteiger partial charge in [0.15, 0.2) is 5.76 Å². The summed E-state index contributed by atoms with van der Waals surface area (Å²) in [5.74, 6) is -1.02. The predicted octanol–water partition coefficient (Wildman–Crippen LogP) is 5.22. The van der Waals surface area contributed by atoms with Crippen LogP contribution in [0.3, 0.4) is 0 Å². The van der Waals surface area contributed by atoms with Crippen LogP contribution in [0, 0.1) is 11.3 Å². The van der Waals surface area contributed by atoms with Crippen molar-refractivity contribution in [2.75, 3.05) is 44.2 Å². The summed E-state index contributed by atoms with van der Waals surface area (Å²) in [5, 5.41) is 12.8. The average Bonchev–Trinajstić information content (AvgIpc) is 3.53. The van der Waals surface area contributed by atoms with E-state index in [9.17, 15) is 18.0 Å². The zero-order chi connectivity index (χ0) is 26.7. The number of nitrogens with one attached hydrogen (secondary N) is 2. The molecule has 1 fully saturated rings. The summed E-state index contributed by atoms with van der Waals surface area (Å²) >= 11 is 0. The maximum Gasteiger partial charge on any atom is 0.405 e. The summed E-state index contributed by atoms with van der Waals surface area (Å²) in [6.45, 7) is 3.23. The molecule has 4 aromatic rings. The fraction of sp³-hybridized carbons (Fsp3) is 0.357. The third-order valence-electron chi connectivity index (χ3n) is 6.98. The molecule has 1 amide bonds. The highest BCUT2D eigenvalue weighted by molar-refractivity contribution is 5.96. The molecule has 0 spiro atoms. The summed E-state index contributed by atoms with van der Waals surface area (Å²) < 4.78 is 42.6. The molecule has 38 heavy (non-hydrogen) atoms. The van der Waals surface area contributed by atoms with E-state index in [1.165, 1.54) is 11.6 Å². The summed E-state index contributed by atoms with van der Waals surface area (Å²) in [5.41, 5.74) is 4.44. The number of alkyl halides is 3. The van der Waals surface area contributed by atoms with Crippen molar-refractivity contribution in [3.8, 4) is 6.07 Å². The molecule has 1 aliphatic heterocycles. The van der Waals surface area contributed by atoms with Crippen LogP contribution in [0.5, 0.6) is 0 Å². The van der Waals surface area contributed by atoms with Gasteiger partial charge in [-0.2, -0.15) is 18.4 Å². The third kappa shape index (κ3) is 5.94. The number of anilines is 1. The molecule has 0 atom stereocenters. The lowest BCUT2D eigenvalue weighted by Crippen LogP contribution is -2.46. The minimum absolute atomic E-state index is 0.135. The van der Waals surface area contributed by atoms with E-state index in [2.05, 4.69) is 20.9 Å². The van der Waals surface area contributed by atoms with E-state index < -0.39 is 18.6 Å². The largest absolute Gasteiger partial charge is 0.451 e. The lowest BCUT2D eigenvalue weighted by atomic mass is 10.1. The van der Waals surface area contributed by atoms with Gasteiger partial charge < -0.3 is 19.6 Å². The fourth-order valence-corrected chi connectivity index (χ4v) is 4.94. The number of furan rings is 1. The molecule has 0 unspecified atom stereocenters. The van der Waals surface area contributed by atoms with E-state index in [0.717, 1.165) is 68.6 Å². The van der Waals surface area contributed by atoms with Crippen molar-refractivity contribution in [1.29, 1.82) is 5.26 Å². The van der Waals surface area contributed by atoms with E-state index >= 15 is 0 Å². The number of piperazine rings is 1. The average molecular weight is 524 g/mol. The molecule has 2 N–H and O–H groups in total. The molecular weight excluding hydrogens is 495 g/mol. The van der Waals surface area contributed by atoms with Crippen LogP contribution in [0.4, 0.5) is 18.9 Å². The number of fused-ring (bicyclic) bond motifs is 2. The fourth-order valence-electron chi connectivity index (χ4n) is 4.94. The summed E-state index contributed by atoms with van der Waals surface area (Å²) in [6, 6.07) is 15.0. The number of amides is 1. The van der Waals surface area contributed by atoms with Crippen molar-refractivity contribution in [3.63, 3.8) is 0 Å². The van der Waals surface area contributed by atoms with E-state index in [-0.39, 0.29) is 5.76 Å². The number of nitrogens with zero attached hydrogens (tertiary/aromatic N) is 3. The molecule has 5 rings (SSSR count). The number of hydrogen-bond acceptors (Lipinski definition) is 5. The van der Waals surface area contributed by atoms with E-state index in [0.29, 0.717) is 16.5 Å². The van der Waals surface area contributed by atoms with Crippen molar-refractivity contribution in [2.45, 2.75) is 25.4 Å². The number of H-pyrrole nitrogens is 1. The minimum atomic E-state index is -4.47. The molecule has 2 aromatic carbocycles. The molecule has 10 heteroatoms. The molecule has 1 aliphatic rings. The minimum Gasteiger partial charge on any atom is -0.451 e. The molecule has 0 aliphatic carbocycles. The first-order chi connectivity index (χ1) is 18.3. The first kappa shape index (κ1) is 25.7. The summed E-state index contributed by atoms with van der Waals surface area (Å²) in [7, 11) is 0. The number of nitriles is 1. The predicted molar refractivity (Wildman–Crippen MR) is 139 cm³/mol. The molecule has 0 saturated carbocycles. The number of aromatic nitrogens is 1. The van der Waals surface area contributed by atoms with Crippen LogP contribution < -0.4 is 10.2 Å². The van der Waals surface area contributed by atoms with E-state index in [4.69, 9.17) is 9.68 Å². The van der Waals surface area contributed by atoms with Gasteiger partial charge in [-0.05, 0) is 73.8 Å². The zero-order valence-corrected chi connectivity index (χ0v) is 20.8. The Balaban J connectivity index is 1.09. The van der Waals surface area contributed by atoms with Gasteiger partial charge in [-0.3, -0.25) is 9.69 Å². The Labute approximate surface area is 217 Å². The molecule has 0 radical (unpaired) electrons. The smallest absolute Gasteiger partial charge is 0.405 e. The van der Waals surface area contributed by atoms with Gasteiger partial charge in [-0.25, -0.2) is 0 Å². The topological polar surface area (TPSA) is 88.3 Å². The lowest BCUT2D eigenvalue weighted by molar-refractivity contribution is -0.123. The second-order valence-corrected chi connectivity index (χ2v) is 9.60. The first-order valence-electron chi connectivity index (χ1n) is 12.6. The Kier molecular flexibility index (Phi) is 7.29. The maximum atomic E-state index is 12.4. The highest BCUT2D eigenvalue weighted by Gasteiger charge is 2.28. The summed E-state index contributed by atoms with van der Waals surface area (Å²) in [6.07, 6.45) is 0.692. The van der Waals surface area contributed by atoms with Crippen molar-refractivity contribution in [2.24, 2.45) is 0 Å². The number of carbonyl (C=O) groups is 1. The normalized spacial score (nSPS) is 14.7. The lowest BCUT2D eigenvalue weighted by Gasteiger charge is -2.36. The van der Waals surface area contributed by atoms with Gasteiger partial charge in [0.2, 0.25) is 0 Å². The van der Waals surface area contributed by atoms with Crippen molar-refractivity contribution in [3.05, 3.63) is 65.5 Å². The first-order valence-corrected chi connectivity index (χ1v) is 12.6. The van der Waals surface area contributed by atoms with Crippen LogP contribution in [0.25, 0.3) is 21.9 Å². The van der Waals surface area contributed by atoms with Gasteiger partial charge >= 0.3 is 6.18 Å². The van der Waals surface area contributed by atoms with Gasteiger partial charge in [0.05, 0.1) is 11.6 Å². The van der Waals surface area contributed by atoms with Crippen molar-refractivity contribution < 1.29 is 22.4 Å². The number of hydrogen-bond donors (Lipinski definition) is 2. The monoisotopic (exact) mass is 523 g/mol. The van der Waals surface area contributed by atoms with Crippen LogP contribution in [0.15, 0.2) is 53.1 Å². The van der Waals surface area contributed by atoms with Gasteiger partial charge in [0.1, 0.15) is 12.1 Å². The van der Waals surface area contributed by atoms with Crippen LogP contribution in [0.2, 0.25) is 0 Å². The van der Waals surface area contributed by atoms with Gasteiger partial charge in [-0.1, -0.05) is 0 Å². The highest BCUT2D eigenvalue weighted by atomic mass is 19.4. The maximum absolute atomic E-state index is 12.4. The Morgan fingerprint density at radius 2 is 1.89 bits per heavy atom. The molecule has 198 valence electrons. The van der Waals surface area contributed by atoms with Crippen LogP contribution in [0.1, 0.15) is 34.5 Å². The second kappa shape index (κ2) is 10.8. The number of aromatic amines is 1. The quantitative estimate of drug-likeness (QED) is 0.309. The highest BCUT2D eigenvalue weighted by Crippen LogP contribution is 2.27. The molecule has 0 bridgehead atoms. The molecule has 2 aromatic heterocycles. The van der Waals surface area contributed by atoms with Crippen LogP contribution in [-0.4, -0.2) is 61.2 Å². The van der Waals surface area contributed by atoms with Gasteiger partial charge in [0.25, 0.3) is 5.91 Å². The summed E-state index contributed by atoms with van der Waals surface area (Å²) in [4.78, 5) is 20.0. The van der Waals surface area contributed by atoms with E-state index in [1.807, 2.05) is 41.8 Å². The standard InChI is InChI=1S/C28H28F3N5O2/c29-28(30,31)18-34-27(37)26-15-21-14-22(5-7-25(21)38-26)36-11-9-35(10-12-36)8-2-1-3-20-17-33-24-6-4-19(16-32)13-23(20)24/h4-7,13-15,17,33H,1-3,8-12,18H2,(H,34,37). The number of rotatable bonds is 8. The number of halogens is 3. The SMILES string of the molecule is N#Cc1ccc2[nH]cc(CCCCN3CCN(c4ccc5oc(C(=O)NCC(F)(F)F)cc5c4)CC3)c2c1. The molecule has 3 heterocycles. The second-order valence-electron chi connectivity index (χ2n) is 9.60. The molecule has 7 nitrogen and oxygen atoms in total. The van der Waals surface area contributed by atoms with Crippen molar-refractivity contribution >= 4 is 33.5 Å². The Hall–Kier alpha value is -3.97. The number of benzene rings is 2. The van der Waals surface area contributed by atoms with Gasteiger partial charge in [0, 0.05) is 54.4 Å². The Morgan fingerprint density at radius 3 is 2.66 bits per heavy atom. The van der Waals surface area contributed by atoms with Crippen molar-refractivity contribution in [1.82, 2.24) is 15.2 Å². The molecular formula is C28H28F3N5O2. The zero-order valence-electron chi connectivity index (χ0n) is 20.8. The number of aryl methyl sites for hydroxylation is 1. The van der Waals surface area contributed by atoms with E-state index in [1.54, 1.807) is 6.07 Å². The Bertz CT molecular complexity index is 1480. The van der Waals surface area contributed by atoms with Crippen LogP contribution in [-0.2, 0) is 6.42 Å². The number of carbonyl (C=O) groups excluding carboxylic acids is 1. The Morgan fingerprint density at radius 1 is 1.08 bits per heavy atom.